The van der Waals surface area contributed by atoms with Gasteiger partial charge in [0.1, 0.15) is 0 Å². The molecule has 1 atom stereocenters. The molecule has 1 aromatic carbocycles. The fourth-order valence-electron chi connectivity index (χ4n) is 4.57. The molecule has 1 aromatic heterocycles. The van der Waals surface area contributed by atoms with E-state index in [9.17, 15) is 13.2 Å². The number of nitrogens with one attached hydrogen (secondary N) is 1. The van der Waals surface area contributed by atoms with Gasteiger partial charge in [0.15, 0.2) is 15.5 Å². The molecule has 1 N–H and O–H groups in total. The summed E-state index contributed by atoms with van der Waals surface area (Å²) in [7, 11) is -3.00. The van der Waals surface area contributed by atoms with Crippen molar-refractivity contribution in [3.05, 3.63) is 41.7 Å². The Morgan fingerprint density at radius 3 is 2.40 bits per heavy atom. The number of aromatic nitrogens is 2. The Balaban J connectivity index is 1.31. The molecule has 2 saturated heterocycles. The summed E-state index contributed by atoms with van der Waals surface area (Å²) >= 11 is 0. The van der Waals surface area contributed by atoms with Crippen LogP contribution in [-0.4, -0.2) is 48.7 Å². The summed E-state index contributed by atoms with van der Waals surface area (Å²) in [5.74, 6) is 0.466. The summed E-state index contributed by atoms with van der Waals surface area (Å²) in [6.45, 7) is 2.17. The number of carbonyl (C=O) groups excluding carboxylic acids is 1. The number of rotatable bonds is 5. The fraction of sp³-hybridized carbons (Fsp3) is 0.545. The van der Waals surface area contributed by atoms with E-state index in [1.54, 1.807) is 0 Å². The maximum absolute atomic E-state index is 12.8. The highest BCUT2D eigenvalue weighted by molar-refractivity contribution is 7.91. The third kappa shape index (κ3) is 4.10. The molecule has 160 valence electrons. The molecular weight excluding hydrogens is 400 g/mol. The van der Waals surface area contributed by atoms with E-state index in [1.807, 2.05) is 22.9 Å². The first-order valence-corrected chi connectivity index (χ1v) is 12.8. The lowest BCUT2D eigenvalue weighted by atomic mass is 10.1. The minimum atomic E-state index is -3.00. The zero-order valence-corrected chi connectivity index (χ0v) is 17.9. The van der Waals surface area contributed by atoms with Gasteiger partial charge in [-0.15, -0.1) is 0 Å². The van der Waals surface area contributed by atoms with Crippen LogP contribution in [0.25, 0.3) is 0 Å². The first-order valence-electron chi connectivity index (χ1n) is 10.9. The molecule has 1 amide bonds. The standard InChI is InChI=1S/C22H28N4O3S/c27-22(23-17-6-8-18(9-7-17)25-11-2-1-3-12-25)20-14-21(16-4-5-16)26(24-20)19-10-13-30(28,29)15-19/h6-9,14,16,19H,1-5,10-13,15H2,(H,23,27). The Morgan fingerprint density at radius 2 is 1.77 bits per heavy atom. The molecule has 0 bridgehead atoms. The summed E-state index contributed by atoms with van der Waals surface area (Å²) in [6.07, 6.45) is 6.48. The zero-order chi connectivity index (χ0) is 20.7. The Morgan fingerprint density at radius 1 is 1.03 bits per heavy atom. The van der Waals surface area contributed by atoms with Crippen molar-refractivity contribution in [1.82, 2.24) is 9.78 Å². The molecule has 7 nitrogen and oxygen atoms in total. The number of amides is 1. The number of hydrogen-bond acceptors (Lipinski definition) is 5. The van der Waals surface area contributed by atoms with Gasteiger partial charge in [-0.1, -0.05) is 0 Å². The SMILES string of the molecule is O=C(Nc1ccc(N2CCCCC2)cc1)c1cc(C2CC2)n(C2CCS(=O)(=O)C2)n1. The number of nitrogens with zero attached hydrogens (tertiary/aromatic N) is 3. The predicted molar refractivity (Wildman–Crippen MR) is 117 cm³/mol. The lowest BCUT2D eigenvalue weighted by Crippen LogP contribution is -2.29. The number of benzene rings is 1. The summed E-state index contributed by atoms with van der Waals surface area (Å²) in [6, 6.07) is 9.67. The lowest BCUT2D eigenvalue weighted by molar-refractivity contribution is 0.102. The van der Waals surface area contributed by atoms with Gasteiger partial charge in [-0.05, 0) is 68.9 Å². The molecule has 3 fully saturated rings. The van der Waals surface area contributed by atoms with Gasteiger partial charge in [0.05, 0.1) is 17.5 Å². The molecular formula is C22H28N4O3S. The normalized spacial score (nSPS) is 23.5. The van der Waals surface area contributed by atoms with Crippen LogP contribution in [0, 0.1) is 0 Å². The van der Waals surface area contributed by atoms with Gasteiger partial charge in [0.2, 0.25) is 0 Å². The molecule has 2 aliphatic heterocycles. The van der Waals surface area contributed by atoms with E-state index in [4.69, 9.17) is 0 Å². The van der Waals surface area contributed by atoms with Crippen molar-refractivity contribution in [2.45, 2.75) is 50.5 Å². The molecule has 2 aromatic rings. The van der Waals surface area contributed by atoms with E-state index in [-0.39, 0.29) is 23.5 Å². The minimum Gasteiger partial charge on any atom is -0.372 e. The highest BCUT2D eigenvalue weighted by atomic mass is 32.2. The van der Waals surface area contributed by atoms with Crippen LogP contribution < -0.4 is 10.2 Å². The van der Waals surface area contributed by atoms with Gasteiger partial charge in [0, 0.05) is 36.1 Å². The summed E-state index contributed by atoms with van der Waals surface area (Å²) in [4.78, 5) is 15.2. The maximum atomic E-state index is 12.8. The third-order valence-electron chi connectivity index (χ3n) is 6.39. The van der Waals surface area contributed by atoms with Gasteiger partial charge >= 0.3 is 0 Å². The predicted octanol–water partition coefficient (Wildman–Crippen LogP) is 3.36. The molecule has 1 aliphatic carbocycles. The molecule has 3 heterocycles. The maximum Gasteiger partial charge on any atom is 0.276 e. The van der Waals surface area contributed by atoms with Gasteiger partial charge in [-0.25, -0.2) is 8.42 Å². The highest BCUT2D eigenvalue weighted by Gasteiger charge is 2.36. The molecule has 5 rings (SSSR count). The average Bonchev–Trinajstić information content (AvgIpc) is 3.39. The topological polar surface area (TPSA) is 84.3 Å². The molecule has 3 aliphatic rings. The van der Waals surface area contributed by atoms with Crippen LogP contribution in [0.2, 0.25) is 0 Å². The van der Waals surface area contributed by atoms with E-state index >= 15 is 0 Å². The lowest BCUT2D eigenvalue weighted by Gasteiger charge is -2.28. The summed E-state index contributed by atoms with van der Waals surface area (Å²) in [5.41, 5.74) is 3.30. The number of hydrogen-bond donors (Lipinski definition) is 1. The van der Waals surface area contributed by atoms with Crippen molar-refractivity contribution >= 4 is 27.1 Å². The van der Waals surface area contributed by atoms with Gasteiger partial charge in [-0.2, -0.15) is 5.10 Å². The summed E-state index contributed by atoms with van der Waals surface area (Å²) < 4.78 is 25.6. The second kappa shape index (κ2) is 7.72. The fourth-order valence-corrected chi connectivity index (χ4v) is 6.26. The average molecular weight is 429 g/mol. The van der Waals surface area contributed by atoms with Gasteiger partial charge in [-0.3, -0.25) is 9.48 Å². The van der Waals surface area contributed by atoms with E-state index in [2.05, 4.69) is 27.4 Å². The molecule has 30 heavy (non-hydrogen) atoms. The van der Waals surface area contributed by atoms with Gasteiger partial charge in [0.25, 0.3) is 5.91 Å². The molecule has 1 unspecified atom stereocenters. The largest absolute Gasteiger partial charge is 0.372 e. The van der Waals surface area contributed by atoms with Crippen molar-refractivity contribution < 1.29 is 13.2 Å². The van der Waals surface area contributed by atoms with Crippen LogP contribution in [0.5, 0.6) is 0 Å². The minimum absolute atomic E-state index is 0.118. The Bertz CT molecular complexity index is 1030. The molecule has 0 spiro atoms. The monoisotopic (exact) mass is 428 g/mol. The Kier molecular flexibility index (Phi) is 5.05. The Labute approximate surface area is 177 Å². The van der Waals surface area contributed by atoms with Crippen molar-refractivity contribution in [3.8, 4) is 0 Å². The number of sulfone groups is 1. The van der Waals surface area contributed by atoms with Crippen molar-refractivity contribution in [3.63, 3.8) is 0 Å². The van der Waals surface area contributed by atoms with E-state index in [0.29, 0.717) is 18.0 Å². The third-order valence-corrected chi connectivity index (χ3v) is 8.14. The van der Waals surface area contributed by atoms with Crippen molar-refractivity contribution in [2.75, 3.05) is 34.8 Å². The molecule has 8 heteroatoms. The Hall–Kier alpha value is -2.35. The quantitative estimate of drug-likeness (QED) is 0.789. The van der Waals surface area contributed by atoms with Crippen LogP contribution >= 0.6 is 0 Å². The zero-order valence-electron chi connectivity index (χ0n) is 17.1. The smallest absolute Gasteiger partial charge is 0.276 e. The first kappa shape index (κ1) is 19.6. The molecule has 0 radical (unpaired) electrons. The second-order valence-corrected chi connectivity index (χ2v) is 11.0. The van der Waals surface area contributed by atoms with Crippen LogP contribution in [0.1, 0.15) is 66.7 Å². The molecule has 1 saturated carbocycles. The van der Waals surface area contributed by atoms with Crippen LogP contribution in [0.3, 0.4) is 0 Å². The number of carbonyl (C=O) groups is 1. The van der Waals surface area contributed by atoms with E-state index in [1.165, 1.54) is 24.9 Å². The summed E-state index contributed by atoms with van der Waals surface area (Å²) in [5, 5.41) is 7.48. The van der Waals surface area contributed by atoms with Crippen LogP contribution in [-0.2, 0) is 9.84 Å². The van der Waals surface area contributed by atoms with E-state index in [0.717, 1.165) is 37.3 Å². The van der Waals surface area contributed by atoms with Crippen LogP contribution in [0.15, 0.2) is 30.3 Å². The number of piperidine rings is 1. The highest BCUT2D eigenvalue weighted by Crippen LogP contribution is 2.42. The van der Waals surface area contributed by atoms with Gasteiger partial charge < -0.3 is 10.2 Å². The van der Waals surface area contributed by atoms with Crippen molar-refractivity contribution in [2.24, 2.45) is 0 Å². The first-order chi connectivity index (χ1) is 14.5. The van der Waals surface area contributed by atoms with Crippen molar-refractivity contribution in [1.29, 1.82) is 0 Å². The van der Waals surface area contributed by atoms with Crippen LogP contribution in [0.4, 0.5) is 11.4 Å². The number of anilines is 2. The second-order valence-electron chi connectivity index (χ2n) is 8.78. The van der Waals surface area contributed by atoms with E-state index < -0.39 is 9.84 Å².